The van der Waals surface area contributed by atoms with Gasteiger partial charge in [0.25, 0.3) is 5.56 Å². The van der Waals surface area contributed by atoms with Crippen molar-refractivity contribution in [2.24, 2.45) is 5.73 Å². The maximum atomic E-state index is 12.8. The molecule has 0 aliphatic carbocycles. The highest BCUT2D eigenvalue weighted by Gasteiger charge is 2.16. The number of aromatic nitrogens is 2. The number of primary amides is 1. The Morgan fingerprint density at radius 2 is 1.89 bits per heavy atom. The van der Waals surface area contributed by atoms with E-state index in [1.807, 2.05) is 12.1 Å². The number of nitrogens with one attached hydrogen (secondary N) is 1. The fourth-order valence-electron chi connectivity index (χ4n) is 3.37. The van der Waals surface area contributed by atoms with E-state index < -0.39 is 5.91 Å². The average Bonchev–Trinajstić information content (AvgIpc) is 2.60. The Kier molecular flexibility index (Phi) is 5.37. The van der Waals surface area contributed by atoms with Gasteiger partial charge in [-0.3, -0.25) is 14.2 Å². The fourth-order valence-corrected chi connectivity index (χ4v) is 3.37. The van der Waals surface area contributed by atoms with Crippen LogP contribution < -0.4 is 16.2 Å². The van der Waals surface area contributed by atoms with Crippen LogP contribution in [-0.4, -0.2) is 22.5 Å². The van der Waals surface area contributed by atoms with Crippen molar-refractivity contribution < 1.29 is 9.69 Å². The van der Waals surface area contributed by atoms with Crippen molar-refractivity contribution in [1.82, 2.24) is 9.55 Å². The fraction of sp³-hybridized carbons (Fsp3) is 0.286. The number of nitrogens with two attached hydrogens (primary N) is 1. The standard InChI is InChI=1S/C21H24N4O2/c1-14-8-9-16(15(2)10-14)11-24(3)13-20-23-18-7-5-4-6-17(18)21(27)25(20)12-19(22)26/h4-10H,11-13H2,1-3H3,(H2,22,26)/p+1. The summed E-state index contributed by atoms with van der Waals surface area (Å²) in [6, 6.07) is 13.6. The predicted octanol–water partition coefficient (Wildman–Crippen LogP) is 0.714. The van der Waals surface area contributed by atoms with E-state index in [-0.39, 0.29) is 12.1 Å². The zero-order chi connectivity index (χ0) is 19.6. The van der Waals surface area contributed by atoms with Crippen LogP contribution in [0, 0.1) is 13.8 Å². The van der Waals surface area contributed by atoms with E-state index in [4.69, 9.17) is 5.73 Å². The Bertz CT molecular complexity index is 1060. The molecule has 0 saturated carbocycles. The quantitative estimate of drug-likeness (QED) is 0.675. The molecule has 1 amide bonds. The van der Waals surface area contributed by atoms with Crippen LogP contribution >= 0.6 is 0 Å². The van der Waals surface area contributed by atoms with E-state index in [0.29, 0.717) is 23.3 Å². The van der Waals surface area contributed by atoms with Gasteiger partial charge >= 0.3 is 0 Å². The van der Waals surface area contributed by atoms with Gasteiger partial charge < -0.3 is 10.6 Å². The van der Waals surface area contributed by atoms with Crippen molar-refractivity contribution in [3.05, 3.63) is 75.3 Å². The van der Waals surface area contributed by atoms with Crippen LogP contribution in [0.3, 0.4) is 0 Å². The van der Waals surface area contributed by atoms with Crippen LogP contribution in [0.2, 0.25) is 0 Å². The summed E-state index contributed by atoms with van der Waals surface area (Å²) in [6.07, 6.45) is 0. The summed E-state index contributed by atoms with van der Waals surface area (Å²) in [6.45, 7) is 5.33. The molecule has 27 heavy (non-hydrogen) atoms. The molecule has 3 rings (SSSR count). The lowest BCUT2D eigenvalue weighted by Gasteiger charge is -2.18. The highest BCUT2D eigenvalue weighted by atomic mass is 16.2. The minimum Gasteiger partial charge on any atom is -0.368 e. The van der Waals surface area contributed by atoms with Crippen LogP contribution in [0.1, 0.15) is 22.5 Å². The van der Waals surface area contributed by atoms with Gasteiger partial charge in [0.2, 0.25) is 5.91 Å². The summed E-state index contributed by atoms with van der Waals surface area (Å²) in [5, 5.41) is 0.495. The van der Waals surface area contributed by atoms with Crippen LogP contribution in [0.15, 0.2) is 47.3 Å². The van der Waals surface area contributed by atoms with Crippen LogP contribution in [0.4, 0.5) is 0 Å². The molecule has 1 aromatic heterocycles. The minimum atomic E-state index is -0.553. The van der Waals surface area contributed by atoms with Crippen molar-refractivity contribution in [1.29, 1.82) is 0 Å². The average molecular weight is 365 g/mol. The molecule has 0 fully saturated rings. The summed E-state index contributed by atoms with van der Waals surface area (Å²) in [4.78, 5) is 30.1. The van der Waals surface area contributed by atoms with Gasteiger partial charge in [0.05, 0.1) is 18.0 Å². The number of benzene rings is 2. The first-order chi connectivity index (χ1) is 12.8. The second-order valence-corrected chi connectivity index (χ2v) is 7.14. The monoisotopic (exact) mass is 365 g/mol. The molecule has 2 aromatic carbocycles. The largest absolute Gasteiger partial charge is 0.368 e. The van der Waals surface area contributed by atoms with E-state index in [9.17, 15) is 9.59 Å². The van der Waals surface area contributed by atoms with Crippen LogP contribution in [0.5, 0.6) is 0 Å². The van der Waals surface area contributed by atoms with Crippen molar-refractivity contribution in [3.8, 4) is 0 Å². The van der Waals surface area contributed by atoms with Crippen molar-refractivity contribution in [2.45, 2.75) is 33.5 Å². The molecule has 0 saturated heterocycles. The SMILES string of the molecule is Cc1ccc(C[NH+](C)Cc2nc3ccccc3c(=O)n2CC(N)=O)c(C)c1. The topological polar surface area (TPSA) is 82.4 Å². The summed E-state index contributed by atoms with van der Waals surface area (Å²) >= 11 is 0. The van der Waals surface area contributed by atoms with Crippen LogP contribution in [0.25, 0.3) is 10.9 Å². The molecule has 1 atom stereocenters. The third-order valence-corrected chi connectivity index (χ3v) is 4.70. The van der Waals surface area contributed by atoms with E-state index in [1.54, 1.807) is 12.1 Å². The van der Waals surface area contributed by atoms with Gasteiger partial charge in [-0.15, -0.1) is 0 Å². The van der Waals surface area contributed by atoms with Gasteiger partial charge in [0.15, 0.2) is 5.82 Å². The predicted molar refractivity (Wildman–Crippen MR) is 105 cm³/mol. The third kappa shape index (κ3) is 4.23. The normalized spacial score (nSPS) is 12.3. The molecule has 0 bridgehead atoms. The van der Waals surface area contributed by atoms with Gasteiger partial charge in [-0.25, -0.2) is 4.98 Å². The molecule has 0 spiro atoms. The van der Waals surface area contributed by atoms with E-state index >= 15 is 0 Å². The summed E-state index contributed by atoms with van der Waals surface area (Å²) < 4.78 is 1.40. The number of carbonyl (C=O) groups is 1. The molecule has 0 radical (unpaired) electrons. The minimum absolute atomic E-state index is 0.164. The van der Waals surface area contributed by atoms with Crippen molar-refractivity contribution in [2.75, 3.05) is 7.05 Å². The Morgan fingerprint density at radius 3 is 2.59 bits per heavy atom. The molecule has 6 heteroatoms. The molecular weight excluding hydrogens is 340 g/mol. The van der Waals surface area contributed by atoms with Crippen molar-refractivity contribution in [3.63, 3.8) is 0 Å². The number of hydrogen-bond acceptors (Lipinski definition) is 3. The molecule has 1 unspecified atom stereocenters. The first-order valence-electron chi connectivity index (χ1n) is 8.99. The molecule has 3 aromatic rings. The molecule has 140 valence electrons. The summed E-state index contributed by atoms with van der Waals surface area (Å²) in [7, 11) is 2.05. The zero-order valence-electron chi connectivity index (χ0n) is 16.0. The van der Waals surface area contributed by atoms with Crippen molar-refractivity contribution >= 4 is 16.8 Å². The second-order valence-electron chi connectivity index (χ2n) is 7.14. The number of para-hydroxylation sites is 1. The number of nitrogens with zero attached hydrogens (tertiary/aromatic N) is 2. The zero-order valence-corrected chi connectivity index (χ0v) is 16.0. The lowest BCUT2D eigenvalue weighted by atomic mass is 10.1. The number of quaternary nitrogens is 1. The summed E-state index contributed by atoms with van der Waals surface area (Å²) in [5.41, 5.74) is 9.50. The second kappa shape index (κ2) is 7.72. The molecule has 0 aliphatic heterocycles. The molecular formula is C21H25N4O2+. The van der Waals surface area contributed by atoms with E-state index in [2.05, 4.69) is 44.1 Å². The highest BCUT2D eigenvalue weighted by molar-refractivity contribution is 5.78. The number of amides is 1. The number of rotatable bonds is 6. The molecule has 0 aliphatic rings. The van der Waals surface area contributed by atoms with E-state index in [0.717, 1.165) is 6.54 Å². The Labute approximate surface area is 158 Å². The summed E-state index contributed by atoms with van der Waals surface area (Å²) in [5.74, 6) is 0.0160. The van der Waals surface area contributed by atoms with E-state index in [1.165, 1.54) is 26.2 Å². The Hall–Kier alpha value is -2.99. The van der Waals surface area contributed by atoms with Gasteiger partial charge in [-0.05, 0) is 31.5 Å². The lowest BCUT2D eigenvalue weighted by Crippen LogP contribution is -3.06. The maximum Gasteiger partial charge on any atom is 0.262 e. The smallest absolute Gasteiger partial charge is 0.262 e. The number of fused-ring (bicyclic) bond motifs is 1. The third-order valence-electron chi connectivity index (χ3n) is 4.70. The molecule has 1 heterocycles. The number of aryl methyl sites for hydroxylation is 2. The van der Waals surface area contributed by atoms with Gasteiger partial charge in [-0.1, -0.05) is 35.9 Å². The first-order valence-corrected chi connectivity index (χ1v) is 8.99. The molecule has 6 nitrogen and oxygen atoms in total. The Balaban J connectivity index is 1.94. The lowest BCUT2D eigenvalue weighted by molar-refractivity contribution is -0.908. The Morgan fingerprint density at radius 1 is 1.15 bits per heavy atom. The van der Waals surface area contributed by atoms with Gasteiger partial charge in [0, 0.05) is 5.56 Å². The van der Waals surface area contributed by atoms with Gasteiger partial charge in [0.1, 0.15) is 19.6 Å². The number of carbonyl (C=O) groups excluding carboxylic acids is 1. The van der Waals surface area contributed by atoms with Crippen LogP contribution in [-0.2, 0) is 24.4 Å². The maximum absolute atomic E-state index is 12.8. The molecule has 3 N–H and O–H groups in total. The highest BCUT2D eigenvalue weighted by Crippen LogP contribution is 2.10. The number of hydrogen-bond donors (Lipinski definition) is 2. The van der Waals surface area contributed by atoms with Gasteiger partial charge in [-0.2, -0.15) is 0 Å². The first kappa shape index (κ1) is 18.8.